The summed E-state index contributed by atoms with van der Waals surface area (Å²) >= 11 is 5.81. The molecule has 0 spiro atoms. The van der Waals surface area contributed by atoms with Gasteiger partial charge in [-0.05, 0) is 19.4 Å². The number of aromatic hydroxyl groups is 1. The van der Waals surface area contributed by atoms with Crippen LogP contribution in [0.3, 0.4) is 0 Å². The van der Waals surface area contributed by atoms with Crippen LogP contribution in [0.15, 0.2) is 16.9 Å². The molecule has 0 bridgehead atoms. The van der Waals surface area contributed by atoms with Gasteiger partial charge in [-0.3, -0.25) is 0 Å². The van der Waals surface area contributed by atoms with Crippen LogP contribution in [-0.2, 0) is 13.0 Å². The van der Waals surface area contributed by atoms with Crippen LogP contribution in [-0.4, -0.2) is 14.7 Å². The minimum Gasteiger partial charge on any atom is -0.477 e. The third kappa shape index (κ3) is 1.95. The van der Waals surface area contributed by atoms with Crippen molar-refractivity contribution in [2.45, 2.75) is 33.2 Å². The number of fused-ring (bicyclic) bond motifs is 1. The molecule has 0 amide bonds. The fourth-order valence-electron chi connectivity index (χ4n) is 2.02. The molecule has 0 saturated heterocycles. The molecular weight excluding hydrogens is 254 g/mol. The predicted molar refractivity (Wildman–Crippen MR) is 68.0 cm³/mol. The van der Waals surface area contributed by atoms with E-state index in [4.69, 9.17) is 11.6 Å². The van der Waals surface area contributed by atoms with Gasteiger partial charge in [0.1, 0.15) is 5.56 Å². The lowest BCUT2D eigenvalue weighted by atomic mass is 10.2. The van der Waals surface area contributed by atoms with E-state index in [9.17, 15) is 9.90 Å². The number of halogens is 1. The Bertz CT molecular complexity index is 652. The van der Waals surface area contributed by atoms with Crippen LogP contribution in [0.25, 0.3) is 5.65 Å². The minimum absolute atomic E-state index is 0.0217. The molecule has 0 aliphatic heterocycles. The van der Waals surface area contributed by atoms with Gasteiger partial charge in [-0.1, -0.05) is 34.6 Å². The number of aromatic nitrogens is 3. The van der Waals surface area contributed by atoms with Gasteiger partial charge in [0.15, 0.2) is 5.15 Å². The molecule has 18 heavy (non-hydrogen) atoms. The van der Waals surface area contributed by atoms with E-state index >= 15 is 0 Å². The van der Waals surface area contributed by atoms with Crippen molar-refractivity contribution in [2.24, 2.45) is 0 Å². The molecule has 5 nitrogen and oxygen atoms in total. The third-order valence-electron chi connectivity index (χ3n) is 2.85. The van der Waals surface area contributed by atoms with E-state index in [0.29, 0.717) is 24.2 Å². The normalized spacial score (nSPS) is 11.1. The summed E-state index contributed by atoms with van der Waals surface area (Å²) in [5, 5.41) is 14.4. The number of nitrogens with zero attached hydrogens (tertiary/aromatic N) is 3. The summed E-state index contributed by atoms with van der Waals surface area (Å²) < 4.78 is 2.90. The van der Waals surface area contributed by atoms with Gasteiger partial charge >= 0.3 is 11.2 Å². The maximum absolute atomic E-state index is 12.2. The Kier molecular flexibility index (Phi) is 3.52. The van der Waals surface area contributed by atoms with E-state index in [1.165, 1.54) is 4.52 Å². The Labute approximate surface area is 109 Å². The molecular formula is C12H15ClN3O2+. The van der Waals surface area contributed by atoms with Crippen LogP contribution in [0.5, 0.6) is 5.88 Å². The zero-order valence-electron chi connectivity index (χ0n) is 10.4. The molecule has 0 saturated carbocycles. The molecule has 0 aliphatic carbocycles. The van der Waals surface area contributed by atoms with E-state index < -0.39 is 0 Å². The number of hydrogen-bond acceptors (Lipinski definition) is 3. The zero-order valence-corrected chi connectivity index (χ0v) is 11.1. The molecule has 2 aromatic rings. The summed E-state index contributed by atoms with van der Waals surface area (Å²) in [4.78, 5) is 12.2. The molecule has 0 unspecified atom stereocenters. The Balaban J connectivity index is 2.91. The first-order valence-electron chi connectivity index (χ1n) is 5.93. The van der Waals surface area contributed by atoms with E-state index in [2.05, 4.69) is 5.10 Å². The van der Waals surface area contributed by atoms with Gasteiger partial charge in [0.25, 0.3) is 5.88 Å². The lowest BCUT2D eigenvalue weighted by molar-refractivity contribution is -0.678. The van der Waals surface area contributed by atoms with Crippen molar-refractivity contribution < 1.29 is 9.67 Å². The van der Waals surface area contributed by atoms with Crippen molar-refractivity contribution >= 4 is 17.2 Å². The highest BCUT2D eigenvalue weighted by Gasteiger charge is 2.23. The first-order chi connectivity index (χ1) is 8.60. The third-order valence-corrected chi connectivity index (χ3v) is 3.05. The second-order valence-electron chi connectivity index (χ2n) is 4.03. The SMILES string of the molecule is CCCc1c(O)[n+](CC)c2ccc(Cl)nn2c1=O. The Morgan fingerprint density at radius 3 is 2.78 bits per heavy atom. The molecule has 2 heterocycles. The van der Waals surface area contributed by atoms with Crippen molar-refractivity contribution in [2.75, 3.05) is 0 Å². The van der Waals surface area contributed by atoms with E-state index in [1.54, 1.807) is 16.7 Å². The van der Waals surface area contributed by atoms with Gasteiger partial charge < -0.3 is 5.11 Å². The second-order valence-corrected chi connectivity index (χ2v) is 4.41. The van der Waals surface area contributed by atoms with E-state index in [-0.39, 0.29) is 16.6 Å². The lowest BCUT2D eigenvalue weighted by Gasteiger charge is -2.06. The molecule has 0 aromatic carbocycles. The monoisotopic (exact) mass is 268 g/mol. The molecule has 0 atom stereocenters. The quantitative estimate of drug-likeness (QED) is 0.854. The minimum atomic E-state index is -0.309. The summed E-state index contributed by atoms with van der Waals surface area (Å²) in [5.41, 5.74) is 0.604. The summed E-state index contributed by atoms with van der Waals surface area (Å²) in [6, 6.07) is 3.27. The van der Waals surface area contributed by atoms with Crippen molar-refractivity contribution in [1.82, 2.24) is 9.61 Å². The van der Waals surface area contributed by atoms with Crippen molar-refractivity contribution in [3.8, 4) is 5.88 Å². The molecule has 0 radical (unpaired) electrons. The highest BCUT2D eigenvalue weighted by molar-refractivity contribution is 6.29. The van der Waals surface area contributed by atoms with Crippen molar-refractivity contribution in [3.05, 3.63) is 33.2 Å². The first kappa shape index (κ1) is 12.8. The summed E-state index contributed by atoms with van der Waals surface area (Å²) in [5.74, 6) is 0.0217. The van der Waals surface area contributed by atoms with Gasteiger partial charge in [0, 0.05) is 6.07 Å². The average Bonchev–Trinajstić information content (AvgIpc) is 2.36. The standard InChI is InChI=1S/C12H14ClN3O2/c1-3-5-8-11(17)15(4-2)10-7-6-9(13)14-16(10)12(8)18/h6-7H,3-5H2,1-2H3/p+1. The largest absolute Gasteiger partial charge is 0.477 e. The number of hydrogen-bond donors (Lipinski definition) is 1. The molecule has 0 fully saturated rings. The molecule has 2 aromatic heterocycles. The second kappa shape index (κ2) is 4.94. The van der Waals surface area contributed by atoms with Crippen LogP contribution < -0.4 is 10.1 Å². The fraction of sp³-hybridized carbons (Fsp3) is 0.417. The Hall–Kier alpha value is -1.62. The molecule has 1 N–H and O–H groups in total. The Morgan fingerprint density at radius 2 is 2.17 bits per heavy atom. The van der Waals surface area contributed by atoms with Gasteiger partial charge in [-0.15, -0.1) is 0 Å². The molecule has 96 valence electrons. The van der Waals surface area contributed by atoms with Gasteiger partial charge in [-0.25, -0.2) is 4.79 Å². The van der Waals surface area contributed by atoms with Crippen LogP contribution in [0.1, 0.15) is 25.8 Å². The zero-order chi connectivity index (χ0) is 13.3. The highest BCUT2D eigenvalue weighted by Crippen LogP contribution is 2.12. The van der Waals surface area contributed by atoms with Gasteiger partial charge in [0.05, 0.1) is 6.54 Å². The summed E-state index contributed by atoms with van der Waals surface area (Å²) in [7, 11) is 0. The Morgan fingerprint density at radius 1 is 1.44 bits per heavy atom. The highest BCUT2D eigenvalue weighted by atomic mass is 35.5. The van der Waals surface area contributed by atoms with Crippen molar-refractivity contribution in [1.29, 1.82) is 0 Å². The van der Waals surface area contributed by atoms with Crippen LogP contribution in [0.2, 0.25) is 5.15 Å². The molecule has 2 rings (SSSR count). The van der Waals surface area contributed by atoms with Gasteiger partial charge in [-0.2, -0.15) is 4.57 Å². The first-order valence-corrected chi connectivity index (χ1v) is 6.31. The fourth-order valence-corrected chi connectivity index (χ4v) is 2.16. The molecule has 6 heteroatoms. The lowest BCUT2D eigenvalue weighted by Crippen LogP contribution is -2.41. The smallest absolute Gasteiger partial charge is 0.370 e. The average molecular weight is 269 g/mol. The summed E-state index contributed by atoms with van der Waals surface area (Å²) in [6.07, 6.45) is 1.29. The van der Waals surface area contributed by atoms with Crippen LogP contribution >= 0.6 is 11.6 Å². The summed E-state index contributed by atoms with van der Waals surface area (Å²) in [6.45, 7) is 4.40. The number of aryl methyl sites for hydroxylation is 1. The predicted octanol–water partition coefficient (Wildman–Crippen LogP) is 1.31. The van der Waals surface area contributed by atoms with Crippen LogP contribution in [0, 0.1) is 0 Å². The topological polar surface area (TPSA) is 58.5 Å². The van der Waals surface area contributed by atoms with E-state index in [0.717, 1.165) is 6.42 Å². The van der Waals surface area contributed by atoms with Gasteiger partial charge in [0.2, 0.25) is 0 Å². The maximum Gasteiger partial charge on any atom is 0.370 e. The number of rotatable bonds is 3. The van der Waals surface area contributed by atoms with Crippen LogP contribution in [0.4, 0.5) is 0 Å². The molecule has 0 aliphatic rings. The maximum atomic E-state index is 12.2. The van der Waals surface area contributed by atoms with E-state index in [1.807, 2.05) is 13.8 Å². The van der Waals surface area contributed by atoms with Crippen molar-refractivity contribution in [3.63, 3.8) is 0 Å².